The second-order valence-electron chi connectivity index (χ2n) is 6.74. The van der Waals surface area contributed by atoms with Crippen LogP contribution in [0.1, 0.15) is 34.1 Å². The van der Waals surface area contributed by atoms with E-state index in [9.17, 15) is 9.59 Å². The second-order valence-corrected chi connectivity index (χ2v) is 6.74. The van der Waals surface area contributed by atoms with E-state index in [4.69, 9.17) is 9.47 Å². The minimum Gasteiger partial charge on any atom is -0.547 e. The molecule has 1 fully saturated rings. The molecule has 24 heavy (non-hydrogen) atoms. The van der Waals surface area contributed by atoms with Gasteiger partial charge >= 0.3 is 6.09 Å². The second kappa shape index (κ2) is 10.1. The third kappa shape index (κ3) is 6.09. The van der Waals surface area contributed by atoms with Crippen LogP contribution in [0.2, 0.25) is 0 Å². The Labute approximate surface area is 195 Å². The first-order valence-electron chi connectivity index (χ1n) is 7.70. The van der Waals surface area contributed by atoms with Crippen LogP contribution in [-0.4, -0.2) is 66.3 Å². The van der Waals surface area contributed by atoms with Gasteiger partial charge in [-0.05, 0) is 34.7 Å². The van der Waals surface area contributed by atoms with E-state index < -0.39 is 5.60 Å². The number of hydrogen-bond donors (Lipinski definition) is 0. The first-order chi connectivity index (χ1) is 10.2. The molecule has 0 aromatic rings. The van der Waals surface area contributed by atoms with Crippen molar-refractivity contribution in [3.8, 4) is 0 Å². The van der Waals surface area contributed by atoms with Gasteiger partial charge in [-0.15, -0.1) is 5.57 Å². The van der Waals surface area contributed by atoms with Gasteiger partial charge in [-0.2, -0.15) is 0 Å². The molecule has 2 aliphatic rings. The Balaban J connectivity index is 0.00000264. The van der Waals surface area contributed by atoms with E-state index in [-0.39, 0.29) is 90.2 Å². The van der Waals surface area contributed by atoms with Crippen LogP contribution in [0.4, 0.5) is 4.79 Å². The minimum atomic E-state index is -0.526. The van der Waals surface area contributed by atoms with Crippen molar-refractivity contribution in [3.05, 3.63) is 11.6 Å². The molecule has 2 radical (unpaired) electrons. The summed E-state index contributed by atoms with van der Waals surface area (Å²) in [6.07, 6.45) is 3.44. The minimum absolute atomic E-state index is 0. The molecule has 2 unspecified atom stereocenters. The fraction of sp³-hybridized carbons (Fsp3) is 0.750. The number of carbonyl (C=O) groups is 2. The summed E-state index contributed by atoms with van der Waals surface area (Å²) < 4.78 is 10.5. The standard InChI is InChI=1S/C16H25N2O4.Ra.W/c1-6-21-14(19)12-8-7-11-9-18(10-13(12)17(11)5)15(20)22-16(2,3)4;;/h11,13H,6-7,9-10H2,1-5H3;;/q-1;;. The number of amides is 1. The summed E-state index contributed by atoms with van der Waals surface area (Å²) in [6.45, 7) is 8.66. The maximum atomic E-state index is 12.3. The summed E-state index contributed by atoms with van der Waals surface area (Å²) in [5.41, 5.74) is -0.00422. The first kappa shape index (κ1) is 24.6. The van der Waals surface area contributed by atoms with Crippen molar-refractivity contribution in [1.82, 2.24) is 9.80 Å². The van der Waals surface area contributed by atoms with Gasteiger partial charge in [0.25, 0.3) is 0 Å². The van der Waals surface area contributed by atoms with E-state index in [1.165, 1.54) is 0 Å². The summed E-state index contributed by atoms with van der Waals surface area (Å²) in [6, 6.07) is -0.0245. The SMILES string of the molecule is CCOC(=O)C1=[C-]CC2CN(C(=O)OC(C)(C)C)CC1N2C.[Ra].[W]. The fourth-order valence-corrected chi connectivity index (χ4v) is 2.79. The maximum Gasteiger partial charge on any atom is 0.410 e. The van der Waals surface area contributed by atoms with Gasteiger partial charge in [-0.1, -0.05) is 6.42 Å². The topological polar surface area (TPSA) is 59.1 Å². The van der Waals surface area contributed by atoms with Gasteiger partial charge < -0.3 is 19.2 Å². The summed E-state index contributed by atoms with van der Waals surface area (Å²) in [5, 5.41) is 0. The fourth-order valence-electron chi connectivity index (χ4n) is 2.79. The first-order valence-corrected chi connectivity index (χ1v) is 7.70. The van der Waals surface area contributed by atoms with Crippen LogP contribution in [0.3, 0.4) is 0 Å². The molecule has 0 N–H and O–H groups in total. The Kier molecular flexibility index (Phi) is 10.3. The van der Waals surface area contributed by atoms with Gasteiger partial charge in [0.05, 0.1) is 6.61 Å². The molecule has 1 amide bonds. The average Bonchev–Trinajstić information content (AvgIpc) is 2.36. The molecule has 2 rings (SSSR count). The zero-order valence-corrected chi connectivity index (χ0v) is 23.9. The molecule has 2 heterocycles. The van der Waals surface area contributed by atoms with Crippen molar-refractivity contribution in [2.45, 2.75) is 51.8 Å². The Morgan fingerprint density at radius 3 is 2.46 bits per heavy atom. The van der Waals surface area contributed by atoms with Crippen LogP contribution < -0.4 is 0 Å². The number of esters is 1. The van der Waals surface area contributed by atoms with E-state index in [0.29, 0.717) is 31.7 Å². The summed E-state index contributed by atoms with van der Waals surface area (Å²) in [4.78, 5) is 28.2. The van der Waals surface area contributed by atoms with Gasteiger partial charge in [-0.25, -0.2) is 4.79 Å². The maximum absolute atomic E-state index is 12.3. The number of piperazine rings is 1. The molecule has 2 bridgehead atoms. The number of nitrogens with zero attached hydrogens (tertiary/aromatic N) is 2. The van der Waals surface area contributed by atoms with E-state index in [0.717, 1.165) is 0 Å². The van der Waals surface area contributed by atoms with Gasteiger partial charge in [-0.3, -0.25) is 11.0 Å². The normalized spacial score (nSPS) is 23.4. The predicted octanol–water partition coefficient (Wildman–Crippen LogP) is 1.60. The monoisotopic (exact) mass is 719 g/mol. The smallest absolute Gasteiger partial charge is 0.410 e. The molecule has 0 aromatic carbocycles. The summed E-state index contributed by atoms with van der Waals surface area (Å²) >= 11 is 0. The van der Waals surface area contributed by atoms with Gasteiger partial charge in [0, 0.05) is 91.2 Å². The molecule has 8 heteroatoms. The molecule has 0 spiro atoms. The van der Waals surface area contributed by atoms with E-state index in [1.54, 1.807) is 11.8 Å². The van der Waals surface area contributed by atoms with Gasteiger partial charge in [0.15, 0.2) is 5.97 Å². The van der Waals surface area contributed by atoms with Crippen LogP contribution in [-0.2, 0) is 35.3 Å². The third-order valence-electron chi connectivity index (χ3n) is 3.90. The number of likely N-dealkylation sites (N-methyl/N-ethyl adjacent to an activating group) is 1. The number of carbonyl (C=O) groups excluding carboxylic acids is 2. The Hall–Kier alpha value is 0.596. The Bertz CT molecular complexity index is 493. The number of hydrogen-bond acceptors (Lipinski definition) is 5. The zero-order chi connectivity index (χ0) is 16.5. The van der Waals surface area contributed by atoms with Gasteiger partial charge in [0.2, 0.25) is 0 Å². The average molecular weight is 719 g/mol. The molecule has 0 saturated carbocycles. The quantitative estimate of drug-likeness (QED) is 0.321. The molecular weight excluding hydrogens is 694 g/mol. The summed E-state index contributed by atoms with van der Waals surface area (Å²) in [5.74, 6) is -0.344. The van der Waals surface area contributed by atoms with Crippen LogP contribution in [0, 0.1) is 51.1 Å². The van der Waals surface area contributed by atoms with Crippen LogP contribution in [0.5, 0.6) is 0 Å². The Morgan fingerprint density at radius 2 is 1.92 bits per heavy atom. The zero-order valence-electron chi connectivity index (χ0n) is 15.1. The molecule has 0 aliphatic carbocycles. The van der Waals surface area contributed by atoms with Crippen LogP contribution in [0.25, 0.3) is 0 Å². The predicted molar refractivity (Wildman–Crippen MR) is 81.2 cm³/mol. The molecule has 2 atom stereocenters. The molecule has 0 aromatic heterocycles. The molecule has 132 valence electrons. The molecule has 6 nitrogen and oxygen atoms in total. The van der Waals surface area contributed by atoms with Crippen molar-refractivity contribution >= 4 is 12.1 Å². The molecule has 2 aliphatic heterocycles. The van der Waals surface area contributed by atoms with Gasteiger partial charge in [0.1, 0.15) is 5.60 Å². The van der Waals surface area contributed by atoms with Crippen molar-refractivity contribution in [2.75, 3.05) is 26.7 Å². The molecular formula is C16H25N2O4RaW-. The van der Waals surface area contributed by atoms with Crippen molar-refractivity contribution in [2.24, 2.45) is 0 Å². The Morgan fingerprint density at radius 1 is 1.29 bits per heavy atom. The largest absolute Gasteiger partial charge is 0.547 e. The van der Waals surface area contributed by atoms with Crippen molar-refractivity contribution in [1.29, 1.82) is 0 Å². The molecule has 1 saturated heterocycles. The number of ether oxygens (including phenoxy) is 2. The van der Waals surface area contributed by atoms with Crippen molar-refractivity contribution < 1.29 is 85.1 Å². The summed E-state index contributed by atoms with van der Waals surface area (Å²) in [7, 11) is 1.97. The van der Waals surface area contributed by atoms with E-state index >= 15 is 0 Å². The van der Waals surface area contributed by atoms with Crippen LogP contribution in [0.15, 0.2) is 5.57 Å². The van der Waals surface area contributed by atoms with Crippen LogP contribution >= 0.6 is 0 Å². The third-order valence-corrected chi connectivity index (χ3v) is 3.90. The number of fused-ring (bicyclic) bond motifs is 2. The van der Waals surface area contributed by atoms with E-state index in [2.05, 4.69) is 11.0 Å². The van der Waals surface area contributed by atoms with Crippen molar-refractivity contribution in [3.63, 3.8) is 0 Å². The van der Waals surface area contributed by atoms with E-state index in [1.807, 2.05) is 27.8 Å². The number of rotatable bonds is 2.